The zero-order valence-corrected chi connectivity index (χ0v) is 26.4. The molecule has 0 radical (unpaired) electrons. The highest BCUT2D eigenvalue weighted by atomic mass is 32.2. The molecule has 4 saturated carbocycles. The lowest BCUT2D eigenvalue weighted by Crippen LogP contribution is -2.66. The number of aliphatic hydroxyl groups is 1. The van der Waals surface area contributed by atoms with E-state index in [0.717, 1.165) is 30.1 Å². The van der Waals surface area contributed by atoms with Crippen molar-refractivity contribution in [2.45, 2.75) is 142 Å². The molecule has 6 nitrogen and oxygen atoms in total. The minimum absolute atomic E-state index is 0.243. The number of hydrogen-bond acceptors (Lipinski definition) is 4. The normalized spacial score (nSPS) is 39.1. The summed E-state index contributed by atoms with van der Waals surface area (Å²) in [7, 11) is -4.50. The van der Waals surface area contributed by atoms with Crippen molar-refractivity contribution in [1.29, 1.82) is 0 Å². The van der Waals surface area contributed by atoms with Crippen LogP contribution in [0.5, 0.6) is 0 Å². The van der Waals surface area contributed by atoms with Gasteiger partial charge in [-0.3, -0.25) is 9.35 Å². The maximum Gasteiger partial charge on any atom is 0.272 e. The van der Waals surface area contributed by atoms with Crippen molar-refractivity contribution in [2.24, 2.45) is 46.3 Å². The Hall–Kier alpha value is -0.660. The van der Waals surface area contributed by atoms with Crippen LogP contribution < -0.4 is 5.32 Å². The Balaban J connectivity index is 1.41. The van der Waals surface area contributed by atoms with Gasteiger partial charge >= 0.3 is 0 Å². The third-order valence-corrected chi connectivity index (χ3v) is 15.0. The van der Waals surface area contributed by atoms with Gasteiger partial charge < -0.3 is 10.4 Å². The van der Waals surface area contributed by atoms with Crippen molar-refractivity contribution >= 4 is 16.0 Å². The molecule has 0 aromatic carbocycles. The molecule has 0 aromatic heterocycles. The summed E-state index contributed by atoms with van der Waals surface area (Å²) >= 11 is 0. The molecule has 4 aliphatic rings. The number of aliphatic hydroxyl groups excluding tert-OH is 1. The summed E-state index contributed by atoms with van der Waals surface area (Å²) in [5, 5.41) is 13.1. The molecule has 3 N–H and O–H groups in total. The molecule has 5 unspecified atom stereocenters. The smallest absolute Gasteiger partial charge is 0.272 e. The second-order valence-electron chi connectivity index (χ2n) is 15.2. The predicted molar refractivity (Wildman–Crippen MR) is 157 cm³/mol. The number of carbonyl (C=O) groups excluding carboxylic acids is 1. The van der Waals surface area contributed by atoms with Gasteiger partial charge in [-0.1, -0.05) is 47.0 Å². The van der Waals surface area contributed by atoms with Gasteiger partial charge in [0.15, 0.2) is 0 Å². The highest BCUT2D eigenvalue weighted by Crippen LogP contribution is 2.68. The van der Waals surface area contributed by atoms with E-state index in [1.165, 1.54) is 78.1 Å². The molecule has 0 heterocycles. The molecule has 0 aromatic rings. The first-order valence-corrected chi connectivity index (χ1v) is 17.5. The van der Waals surface area contributed by atoms with Crippen LogP contribution in [0.4, 0.5) is 0 Å². The monoisotopic (exact) mass is 567 g/mol. The molecule has 39 heavy (non-hydrogen) atoms. The lowest BCUT2D eigenvalue weighted by atomic mass is 9.44. The van der Waals surface area contributed by atoms with Crippen LogP contribution in [0.2, 0.25) is 0 Å². The Morgan fingerprint density at radius 3 is 2.33 bits per heavy atom. The zero-order valence-electron chi connectivity index (χ0n) is 25.6. The van der Waals surface area contributed by atoms with Crippen LogP contribution in [0, 0.1) is 46.3 Å². The predicted octanol–water partition coefficient (Wildman–Crippen LogP) is 6.77. The summed E-state index contributed by atoms with van der Waals surface area (Å²) in [6, 6.07) is 0. The molecule has 0 spiro atoms. The number of amides is 1. The summed E-state index contributed by atoms with van der Waals surface area (Å²) in [5.41, 5.74) is -0.525. The fourth-order valence-electron chi connectivity index (χ4n) is 10.7. The summed E-state index contributed by atoms with van der Waals surface area (Å²) < 4.78 is 32.7. The van der Waals surface area contributed by atoms with Crippen LogP contribution in [0.3, 0.4) is 0 Å². The zero-order chi connectivity index (χ0) is 28.9. The van der Waals surface area contributed by atoms with E-state index in [4.69, 9.17) is 0 Å². The average Bonchev–Trinajstić information content (AvgIpc) is 3.23. The van der Waals surface area contributed by atoms with E-state index < -0.39 is 27.0 Å². The van der Waals surface area contributed by atoms with E-state index >= 15 is 0 Å². The molecule has 4 aliphatic carbocycles. The lowest BCUT2D eigenvalue weighted by molar-refractivity contribution is -0.125. The van der Waals surface area contributed by atoms with E-state index in [2.05, 4.69) is 26.1 Å². The van der Waals surface area contributed by atoms with Gasteiger partial charge in [0.1, 0.15) is 4.75 Å². The molecule has 7 heteroatoms. The van der Waals surface area contributed by atoms with Crippen LogP contribution in [0.25, 0.3) is 0 Å². The van der Waals surface area contributed by atoms with Crippen molar-refractivity contribution in [1.82, 2.24) is 5.32 Å². The van der Waals surface area contributed by atoms with E-state index in [-0.39, 0.29) is 12.3 Å². The molecule has 9 atom stereocenters. The minimum Gasteiger partial charge on any atom is -0.394 e. The Kier molecular flexibility index (Phi) is 8.99. The summed E-state index contributed by atoms with van der Waals surface area (Å²) in [4.78, 5) is 13.2. The van der Waals surface area contributed by atoms with Crippen molar-refractivity contribution in [3.63, 3.8) is 0 Å². The largest absolute Gasteiger partial charge is 0.394 e. The van der Waals surface area contributed by atoms with E-state index in [1.807, 2.05) is 6.92 Å². The molecule has 0 bridgehead atoms. The van der Waals surface area contributed by atoms with E-state index in [0.29, 0.717) is 35.5 Å². The first kappa shape index (κ1) is 31.3. The van der Waals surface area contributed by atoms with Gasteiger partial charge in [0.2, 0.25) is 5.91 Å². The maximum atomic E-state index is 13.2. The molecule has 4 rings (SSSR count). The summed E-state index contributed by atoms with van der Waals surface area (Å²) in [6.45, 7) is 11.6. The number of carbonyl (C=O) groups is 1. The summed E-state index contributed by atoms with van der Waals surface area (Å²) in [6.07, 6.45) is 15.7. The first-order chi connectivity index (χ1) is 18.2. The van der Waals surface area contributed by atoms with Crippen molar-refractivity contribution in [2.75, 3.05) is 6.61 Å². The SMILES string of the molecule is CCCC(CO)(NC(=O)CC[C@@H](C)[C@H]1CCC2C3CCC4CCCC[C@]4(C)C3CC[C@@]21C)C(C)(C)S(=O)(=O)O. The fourth-order valence-corrected chi connectivity index (χ4v) is 11.4. The van der Waals surface area contributed by atoms with E-state index in [9.17, 15) is 22.9 Å². The van der Waals surface area contributed by atoms with Crippen LogP contribution >= 0.6 is 0 Å². The Bertz CT molecular complexity index is 997. The van der Waals surface area contributed by atoms with Crippen LogP contribution in [-0.2, 0) is 14.9 Å². The van der Waals surface area contributed by atoms with Gasteiger partial charge in [-0.25, -0.2) is 0 Å². The number of fused-ring (bicyclic) bond motifs is 5. The Morgan fingerprint density at radius 1 is 1.00 bits per heavy atom. The van der Waals surface area contributed by atoms with Gasteiger partial charge in [0.05, 0.1) is 12.1 Å². The minimum atomic E-state index is -4.50. The quantitative estimate of drug-likeness (QED) is 0.253. The molecular weight excluding hydrogens is 510 g/mol. The highest BCUT2D eigenvalue weighted by molar-refractivity contribution is 7.87. The molecular formula is C32H57NO5S. The van der Waals surface area contributed by atoms with Crippen molar-refractivity contribution in [3.8, 4) is 0 Å². The van der Waals surface area contributed by atoms with Crippen molar-refractivity contribution < 1.29 is 22.9 Å². The number of rotatable bonds is 10. The summed E-state index contributed by atoms with van der Waals surface area (Å²) in [5.74, 6) is 4.29. The van der Waals surface area contributed by atoms with Gasteiger partial charge in [-0.2, -0.15) is 8.42 Å². The molecule has 0 aliphatic heterocycles. The standard InChI is InChI=1S/C32H57NO5S/c1-7-18-32(21-34,29(3,4)39(36,37)38)33-28(35)16-11-22(2)25-14-15-26-24-13-12-23-10-8-9-19-30(23,5)27(24)17-20-31(25,26)6/h22-27,34H,7-21H2,1-6H3,(H,33,35)(H,36,37,38)/t22-,23?,24?,25-,26?,27?,30+,31-,32?/m1/s1. The molecule has 0 saturated heterocycles. The second kappa shape index (κ2) is 11.2. The Morgan fingerprint density at radius 2 is 1.69 bits per heavy atom. The first-order valence-electron chi connectivity index (χ1n) is 16.1. The van der Waals surface area contributed by atoms with Crippen molar-refractivity contribution in [3.05, 3.63) is 0 Å². The third-order valence-electron chi connectivity index (χ3n) is 13.3. The van der Waals surface area contributed by atoms with Gasteiger partial charge in [0, 0.05) is 6.42 Å². The fraction of sp³-hybridized carbons (Fsp3) is 0.969. The van der Waals surface area contributed by atoms with E-state index in [1.54, 1.807) is 0 Å². The number of hydrogen-bond donors (Lipinski definition) is 3. The lowest BCUT2D eigenvalue weighted by Gasteiger charge is -2.61. The van der Waals surface area contributed by atoms with Crippen LogP contribution in [0.1, 0.15) is 131 Å². The van der Waals surface area contributed by atoms with Gasteiger partial charge in [-0.05, 0) is 124 Å². The number of nitrogens with one attached hydrogen (secondary N) is 1. The van der Waals surface area contributed by atoms with Crippen LogP contribution in [-0.4, -0.2) is 40.9 Å². The second-order valence-corrected chi connectivity index (χ2v) is 17.1. The third kappa shape index (κ3) is 5.24. The Labute approximate surface area is 238 Å². The topological polar surface area (TPSA) is 104 Å². The molecule has 4 fully saturated rings. The highest BCUT2D eigenvalue weighted by Gasteiger charge is 2.60. The van der Waals surface area contributed by atoms with Crippen LogP contribution in [0.15, 0.2) is 0 Å². The molecule has 1 amide bonds. The van der Waals surface area contributed by atoms with Gasteiger partial charge in [-0.15, -0.1) is 0 Å². The maximum absolute atomic E-state index is 13.2. The molecule has 226 valence electrons. The average molecular weight is 568 g/mol. The van der Waals surface area contributed by atoms with Gasteiger partial charge in [0.25, 0.3) is 10.1 Å².